The molecule has 0 bridgehead atoms. The number of amides is 1. The van der Waals surface area contributed by atoms with Gasteiger partial charge < -0.3 is 11.1 Å². The van der Waals surface area contributed by atoms with Crippen LogP contribution in [0.2, 0.25) is 0 Å². The van der Waals surface area contributed by atoms with E-state index < -0.39 is 0 Å². The second-order valence-corrected chi connectivity index (χ2v) is 6.49. The van der Waals surface area contributed by atoms with E-state index in [1.165, 1.54) is 0 Å². The Hall–Kier alpha value is -0.520. The van der Waals surface area contributed by atoms with E-state index in [0.717, 1.165) is 22.1 Å². The molecule has 0 saturated carbocycles. The summed E-state index contributed by atoms with van der Waals surface area (Å²) >= 11 is 5.07. The molecule has 5 heteroatoms. The molecule has 1 unspecified atom stereocenters. The fraction of sp³-hybridized carbons (Fsp3) is 0.462. The summed E-state index contributed by atoms with van der Waals surface area (Å²) in [7, 11) is 0. The van der Waals surface area contributed by atoms with Gasteiger partial charge in [0.15, 0.2) is 0 Å². The summed E-state index contributed by atoms with van der Waals surface area (Å²) in [5, 5.41) is 3.32. The number of thioether (sulfide) groups is 1. The highest BCUT2D eigenvalue weighted by Crippen LogP contribution is 2.20. The lowest BCUT2D eigenvalue weighted by atomic mass is 10.2. The van der Waals surface area contributed by atoms with Crippen LogP contribution in [0.5, 0.6) is 0 Å². The largest absolute Gasteiger partial charge is 0.330 e. The van der Waals surface area contributed by atoms with E-state index in [9.17, 15) is 4.79 Å². The van der Waals surface area contributed by atoms with E-state index in [4.69, 9.17) is 5.73 Å². The van der Waals surface area contributed by atoms with Crippen molar-refractivity contribution in [3.05, 3.63) is 28.2 Å². The number of hydrogen-bond donors (Lipinski definition) is 2. The maximum Gasteiger partial charge on any atom is 0.234 e. The summed E-state index contributed by atoms with van der Waals surface area (Å²) in [4.78, 5) is 11.7. The maximum absolute atomic E-state index is 11.7. The van der Waals surface area contributed by atoms with Gasteiger partial charge in [0.05, 0.1) is 5.75 Å². The molecule has 0 fully saturated rings. The van der Waals surface area contributed by atoms with Gasteiger partial charge in [-0.2, -0.15) is 0 Å². The van der Waals surface area contributed by atoms with Gasteiger partial charge in [-0.3, -0.25) is 4.79 Å². The topological polar surface area (TPSA) is 55.1 Å². The van der Waals surface area contributed by atoms with Crippen molar-refractivity contribution >= 4 is 39.3 Å². The van der Waals surface area contributed by atoms with Crippen molar-refractivity contribution in [2.24, 2.45) is 5.73 Å². The van der Waals surface area contributed by atoms with Crippen LogP contribution in [-0.4, -0.2) is 23.5 Å². The van der Waals surface area contributed by atoms with Crippen LogP contribution in [0.4, 0.5) is 5.69 Å². The van der Waals surface area contributed by atoms with Gasteiger partial charge >= 0.3 is 0 Å². The minimum absolute atomic E-state index is 0.0330. The molecule has 3 N–H and O–H groups in total. The van der Waals surface area contributed by atoms with Crippen molar-refractivity contribution in [2.45, 2.75) is 25.5 Å². The Kier molecular flexibility index (Phi) is 6.75. The first-order chi connectivity index (χ1) is 8.52. The van der Waals surface area contributed by atoms with Crippen LogP contribution >= 0.6 is 27.7 Å². The van der Waals surface area contributed by atoms with Gasteiger partial charge in [-0.1, -0.05) is 22.9 Å². The first-order valence-electron chi connectivity index (χ1n) is 5.90. The normalized spacial score (nSPS) is 12.2. The third-order valence-corrected chi connectivity index (χ3v) is 4.64. The van der Waals surface area contributed by atoms with Gasteiger partial charge in [-0.25, -0.2) is 0 Å². The molecule has 0 heterocycles. The molecule has 0 aliphatic carbocycles. The highest BCUT2D eigenvalue weighted by atomic mass is 79.9. The molecule has 3 nitrogen and oxygen atoms in total. The van der Waals surface area contributed by atoms with Crippen LogP contribution < -0.4 is 11.1 Å². The first-order valence-corrected chi connectivity index (χ1v) is 7.74. The molecular weight excluding hydrogens is 312 g/mol. The van der Waals surface area contributed by atoms with E-state index in [2.05, 4.69) is 28.2 Å². The number of rotatable bonds is 6. The number of halogens is 1. The monoisotopic (exact) mass is 330 g/mol. The quantitative estimate of drug-likeness (QED) is 0.842. The Labute approximate surface area is 121 Å². The lowest BCUT2D eigenvalue weighted by Gasteiger charge is -2.10. The molecule has 0 aliphatic heterocycles. The fourth-order valence-electron chi connectivity index (χ4n) is 1.46. The highest BCUT2D eigenvalue weighted by molar-refractivity contribution is 9.10. The Morgan fingerprint density at radius 3 is 2.89 bits per heavy atom. The summed E-state index contributed by atoms with van der Waals surface area (Å²) < 4.78 is 1.05. The van der Waals surface area contributed by atoms with Crippen LogP contribution in [0.25, 0.3) is 0 Å². The number of carbonyl (C=O) groups is 1. The van der Waals surface area contributed by atoms with E-state index in [1.54, 1.807) is 11.8 Å². The third-order valence-electron chi connectivity index (χ3n) is 2.51. The van der Waals surface area contributed by atoms with Gasteiger partial charge in [-0.15, -0.1) is 11.8 Å². The van der Waals surface area contributed by atoms with Gasteiger partial charge in [-0.05, 0) is 43.7 Å². The van der Waals surface area contributed by atoms with Gasteiger partial charge in [0, 0.05) is 15.4 Å². The standard InChI is InChI=1S/C13H19BrN2OS/c1-9-7-11(3-4-12(9)14)16-13(17)8-18-10(2)5-6-15/h3-4,7,10H,5-6,8,15H2,1-2H3,(H,16,17). The number of nitrogens with one attached hydrogen (secondary N) is 1. The predicted octanol–water partition coefficient (Wildman–Crippen LogP) is 3.17. The molecule has 18 heavy (non-hydrogen) atoms. The lowest BCUT2D eigenvalue weighted by Crippen LogP contribution is -2.17. The molecule has 1 aromatic carbocycles. The predicted molar refractivity (Wildman–Crippen MR) is 83.1 cm³/mol. The number of hydrogen-bond acceptors (Lipinski definition) is 3. The SMILES string of the molecule is Cc1cc(NC(=O)CSC(C)CCN)ccc1Br. The number of anilines is 1. The Morgan fingerprint density at radius 1 is 1.56 bits per heavy atom. The zero-order valence-electron chi connectivity index (χ0n) is 10.7. The van der Waals surface area contributed by atoms with Crippen molar-refractivity contribution in [3.63, 3.8) is 0 Å². The van der Waals surface area contributed by atoms with Gasteiger partial charge in [0.2, 0.25) is 5.91 Å². The van der Waals surface area contributed by atoms with Crippen LogP contribution in [0.15, 0.2) is 22.7 Å². The van der Waals surface area contributed by atoms with E-state index >= 15 is 0 Å². The second kappa shape index (κ2) is 7.81. The zero-order valence-corrected chi connectivity index (χ0v) is 13.1. The van der Waals surface area contributed by atoms with Crippen LogP contribution in [0.1, 0.15) is 18.9 Å². The van der Waals surface area contributed by atoms with Crippen LogP contribution in [0.3, 0.4) is 0 Å². The Balaban J connectivity index is 2.42. The van der Waals surface area contributed by atoms with Crippen LogP contribution in [-0.2, 0) is 4.79 Å². The maximum atomic E-state index is 11.7. The van der Waals surface area contributed by atoms with Gasteiger partial charge in [0.25, 0.3) is 0 Å². The summed E-state index contributed by atoms with van der Waals surface area (Å²) in [6, 6.07) is 5.79. The molecule has 100 valence electrons. The molecule has 0 aliphatic rings. The van der Waals surface area contributed by atoms with Gasteiger partial charge in [0.1, 0.15) is 0 Å². The molecule has 1 rings (SSSR count). The van der Waals surface area contributed by atoms with E-state index in [1.807, 2.05) is 25.1 Å². The van der Waals surface area contributed by atoms with Crippen molar-refractivity contribution in [2.75, 3.05) is 17.6 Å². The minimum Gasteiger partial charge on any atom is -0.330 e. The van der Waals surface area contributed by atoms with E-state index in [-0.39, 0.29) is 5.91 Å². The summed E-state index contributed by atoms with van der Waals surface area (Å²) in [6.45, 7) is 4.76. The summed E-state index contributed by atoms with van der Waals surface area (Å²) in [5.41, 5.74) is 7.42. The van der Waals surface area contributed by atoms with E-state index in [0.29, 0.717) is 17.5 Å². The number of aryl methyl sites for hydroxylation is 1. The molecule has 1 amide bonds. The molecule has 1 atom stereocenters. The second-order valence-electron chi connectivity index (χ2n) is 4.21. The highest BCUT2D eigenvalue weighted by Gasteiger charge is 2.07. The first kappa shape index (κ1) is 15.5. The molecule has 0 spiro atoms. The van der Waals surface area contributed by atoms with Crippen molar-refractivity contribution in [1.82, 2.24) is 0 Å². The average Bonchev–Trinajstić information content (AvgIpc) is 2.32. The molecule has 0 aromatic heterocycles. The minimum atomic E-state index is 0.0330. The molecular formula is C13H19BrN2OS. The van der Waals surface area contributed by atoms with Crippen molar-refractivity contribution in [1.29, 1.82) is 0 Å². The number of carbonyl (C=O) groups excluding carboxylic acids is 1. The third kappa shape index (κ3) is 5.42. The fourth-order valence-corrected chi connectivity index (χ4v) is 2.51. The van der Waals surface area contributed by atoms with Crippen LogP contribution in [0, 0.1) is 6.92 Å². The summed E-state index contributed by atoms with van der Waals surface area (Å²) in [6.07, 6.45) is 0.940. The average molecular weight is 331 g/mol. The molecule has 0 saturated heterocycles. The lowest BCUT2D eigenvalue weighted by molar-refractivity contribution is -0.113. The smallest absolute Gasteiger partial charge is 0.234 e. The molecule has 1 aromatic rings. The molecule has 0 radical (unpaired) electrons. The Bertz CT molecular complexity index is 412. The zero-order chi connectivity index (χ0) is 13.5. The number of benzene rings is 1. The Morgan fingerprint density at radius 2 is 2.28 bits per heavy atom. The number of nitrogens with two attached hydrogens (primary N) is 1. The summed E-state index contributed by atoms with van der Waals surface area (Å²) in [5.74, 6) is 0.501. The van der Waals surface area contributed by atoms with Crippen molar-refractivity contribution in [3.8, 4) is 0 Å². The van der Waals surface area contributed by atoms with Crippen molar-refractivity contribution < 1.29 is 4.79 Å².